The molecule has 0 aliphatic heterocycles. The highest BCUT2D eigenvalue weighted by atomic mass is 16.5. The van der Waals surface area contributed by atoms with Crippen LogP contribution in [0.3, 0.4) is 0 Å². The SMILES string of the molecule is CCOC(=O)c1c(NC(=O)CN(C)Cc2ccc(C)cc2C)oc(C)c1C(C)=O. The van der Waals surface area contributed by atoms with Gasteiger partial charge in [-0.2, -0.15) is 0 Å². The van der Waals surface area contributed by atoms with Gasteiger partial charge in [0.05, 0.1) is 18.7 Å². The van der Waals surface area contributed by atoms with Crippen molar-refractivity contribution in [2.45, 2.75) is 41.2 Å². The van der Waals surface area contributed by atoms with Gasteiger partial charge in [0, 0.05) is 6.54 Å². The van der Waals surface area contributed by atoms with Crippen LogP contribution in [-0.4, -0.2) is 42.8 Å². The maximum Gasteiger partial charge on any atom is 0.344 e. The fourth-order valence-electron chi connectivity index (χ4n) is 3.24. The smallest absolute Gasteiger partial charge is 0.344 e. The summed E-state index contributed by atoms with van der Waals surface area (Å²) in [6.07, 6.45) is 0. The van der Waals surface area contributed by atoms with E-state index in [1.807, 2.05) is 37.9 Å². The lowest BCUT2D eigenvalue weighted by Gasteiger charge is -2.17. The van der Waals surface area contributed by atoms with Crippen LogP contribution in [0.15, 0.2) is 22.6 Å². The molecule has 0 fully saturated rings. The summed E-state index contributed by atoms with van der Waals surface area (Å²) in [5, 5.41) is 2.61. The number of carbonyl (C=O) groups is 3. The van der Waals surface area contributed by atoms with E-state index < -0.39 is 5.97 Å². The Bertz CT molecular complexity index is 930. The number of nitrogens with one attached hydrogen (secondary N) is 1. The number of likely N-dealkylation sites (N-methyl/N-ethyl adjacent to an activating group) is 1. The van der Waals surface area contributed by atoms with Gasteiger partial charge < -0.3 is 9.15 Å². The maximum atomic E-state index is 12.5. The molecule has 0 aliphatic rings. The molecule has 1 amide bonds. The normalized spacial score (nSPS) is 10.9. The molecule has 1 aromatic heterocycles. The zero-order valence-corrected chi connectivity index (χ0v) is 17.8. The molecule has 0 spiro atoms. The number of hydrogen-bond acceptors (Lipinski definition) is 6. The summed E-state index contributed by atoms with van der Waals surface area (Å²) in [6.45, 7) is 9.48. The average molecular weight is 400 g/mol. The van der Waals surface area contributed by atoms with Crippen molar-refractivity contribution in [3.8, 4) is 0 Å². The van der Waals surface area contributed by atoms with E-state index in [0.29, 0.717) is 6.54 Å². The molecule has 2 rings (SSSR count). The summed E-state index contributed by atoms with van der Waals surface area (Å²) in [5.74, 6) is -1.18. The summed E-state index contributed by atoms with van der Waals surface area (Å²) < 4.78 is 10.5. The third-order valence-electron chi connectivity index (χ3n) is 4.52. The number of nitrogens with zero attached hydrogens (tertiary/aromatic N) is 1. The first-order valence-corrected chi connectivity index (χ1v) is 9.50. The second-order valence-corrected chi connectivity index (χ2v) is 7.16. The molecule has 156 valence electrons. The third kappa shape index (κ3) is 5.54. The van der Waals surface area contributed by atoms with Crippen molar-refractivity contribution >= 4 is 23.5 Å². The molecule has 0 unspecified atom stereocenters. The van der Waals surface area contributed by atoms with E-state index in [0.717, 1.165) is 11.1 Å². The predicted molar refractivity (Wildman–Crippen MR) is 110 cm³/mol. The van der Waals surface area contributed by atoms with E-state index in [1.165, 1.54) is 12.5 Å². The highest BCUT2D eigenvalue weighted by Crippen LogP contribution is 2.28. The van der Waals surface area contributed by atoms with Gasteiger partial charge in [0.2, 0.25) is 11.8 Å². The Morgan fingerprint density at radius 3 is 2.41 bits per heavy atom. The molecule has 2 aromatic rings. The number of rotatable bonds is 8. The summed E-state index contributed by atoms with van der Waals surface area (Å²) in [7, 11) is 1.83. The summed E-state index contributed by atoms with van der Waals surface area (Å²) in [6, 6.07) is 6.19. The van der Waals surface area contributed by atoms with Gasteiger partial charge >= 0.3 is 5.97 Å². The van der Waals surface area contributed by atoms with Crippen LogP contribution >= 0.6 is 0 Å². The van der Waals surface area contributed by atoms with E-state index in [2.05, 4.69) is 11.4 Å². The molecular formula is C22H28N2O5. The Hall–Kier alpha value is -2.93. The first kappa shape index (κ1) is 22.4. The first-order valence-electron chi connectivity index (χ1n) is 9.50. The zero-order chi connectivity index (χ0) is 21.7. The van der Waals surface area contributed by atoms with Crippen molar-refractivity contribution in [2.24, 2.45) is 0 Å². The Balaban J connectivity index is 2.14. The Labute approximate surface area is 171 Å². The first-order chi connectivity index (χ1) is 13.6. The molecule has 0 aliphatic carbocycles. The van der Waals surface area contributed by atoms with Crippen LogP contribution < -0.4 is 5.32 Å². The molecule has 7 heteroatoms. The van der Waals surface area contributed by atoms with Crippen molar-refractivity contribution in [1.29, 1.82) is 0 Å². The highest BCUT2D eigenvalue weighted by Gasteiger charge is 2.28. The molecule has 29 heavy (non-hydrogen) atoms. The van der Waals surface area contributed by atoms with Crippen molar-refractivity contribution < 1.29 is 23.5 Å². The largest absolute Gasteiger partial charge is 0.462 e. The van der Waals surface area contributed by atoms with E-state index in [9.17, 15) is 14.4 Å². The number of Topliss-reactive ketones (excluding diaryl/α,β-unsaturated/α-hetero) is 1. The number of ketones is 1. The number of anilines is 1. The van der Waals surface area contributed by atoms with Crippen LogP contribution in [0.4, 0.5) is 5.88 Å². The lowest BCUT2D eigenvalue weighted by atomic mass is 10.1. The van der Waals surface area contributed by atoms with Crippen LogP contribution in [0.2, 0.25) is 0 Å². The molecule has 0 saturated carbocycles. The average Bonchev–Trinajstić information content (AvgIpc) is 2.93. The van der Waals surface area contributed by atoms with Gasteiger partial charge in [0.15, 0.2) is 5.78 Å². The zero-order valence-electron chi connectivity index (χ0n) is 17.8. The van der Waals surface area contributed by atoms with Crippen LogP contribution in [0.1, 0.15) is 57.0 Å². The third-order valence-corrected chi connectivity index (χ3v) is 4.52. The van der Waals surface area contributed by atoms with Gasteiger partial charge in [0.1, 0.15) is 11.3 Å². The molecular weight excluding hydrogens is 372 g/mol. The van der Waals surface area contributed by atoms with Crippen LogP contribution in [-0.2, 0) is 16.1 Å². The van der Waals surface area contributed by atoms with Crippen LogP contribution in [0, 0.1) is 20.8 Å². The second kappa shape index (κ2) is 9.52. The number of amides is 1. The summed E-state index contributed by atoms with van der Waals surface area (Å²) >= 11 is 0. The van der Waals surface area contributed by atoms with E-state index in [4.69, 9.17) is 9.15 Å². The summed E-state index contributed by atoms with van der Waals surface area (Å²) in [4.78, 5) is 38.6. The second-order valence-electron chi connectivity index (χ2n) is 7.16. The number of furan rings is 1. The molecule has 0 radical (unpaired) electrons. The monoisotopic (exact) mass is 400 g/mol. The number of carbonyl (C=O) groups excluding carboxylic acids is 3. The lowest BCUT2D eigenvalue weighted by molar-refractivity contribution is -0.117. The molecule has 0 saturated heterocycles. The van der Waals surface area contributed by atoms with Crippen molar-refractivity contribution in [1.82, 2.24) is 4.90 Å². The van der Waals surface area contributed by atoms with Crippen LogP contribution in [0.5, 0.6) is 0 Å². The molecule has 1 N–H and O–H groups in total. The van der Waals surface area contributed by atoms with Gasteiger partial charge in [-0.05, 0) is 52.8 Å². The lowest BCUT2D eigenvalue weighted by Crippen LogP contribution is -2.30. The van der Waals surface area contributed by atoms with Gasteiger partial charge in [0.25, 0.3) is 0 Å². The predicted octanol–water partition coefficient (Wildman–Crippen LogP) is 3.65. The standard InChI is InChI=1S/C22H28N2O5/c1-7-28-22(27)20-19(15(4)25)16(5)29-21(20)23-18(26)12-24(6)11-17-9-8-13(2)10-14(17)3/h8-10H,7,11-12H2,1-6H3,(H,23,26). The highest BCUT2D eigenvalue weighted by molar-refractivity contribution is 6.10. The quantitative estimate of drug-likeness (QED) is 0.537. The number of hydrogen-bond donors (Lipinski definition) is 1. The molecule has 0 atom stereocenters. The number of benzene rings is 1. The maximum absolute atomic E-state index is 12.5. The van der Waals surface area contributed by atoms with Gasteiger partial charge in [-0.15, -0.1) is 0 Å². The molecule has 1 aromatic carbocycles. The number of aryl methyl sites for hydroxylation is 3. The van der Waals surface area contributed by atoms with Crippen molar-refractivity contribution in [3.63, 3.8) is 0 Å². The van der Waals surface area contributed by atoms with Crippen molar-refractivity contribution in [3.05, 3.63) is 51.8 Å². The van der Waals surface area contributed by atoms with Crippen LogP contribution in [0.25, 0.3) is 0 Å². The minimum Gasteiger partial charge on any atom is -0.462 e. The Kier molecular flexibility index (Phi) is 7.34. The van der Waals surface area contributed by atoms with E-state index in [1.54, 1.807) is 13.8 Å². The van der Waals surface area contributed by atoms with Crippen molar-refractivity contribution in [2.75, 3.05) is 25.5 Å². The van der Waals surface area contributed by atoms with E-state index in [-0.39, 0.29) is 47.6 Å². The minimum absolute atomic E-state index is 0.0396. The number of esters is 1. The molecule has 7 nitrogen and oxygen atoms in total. The number of ether oxygens (including phenoxy) is 1. The Morgan fingerprint density at radius 1 is 1.14 bits per heavy atom. The van der Waals surface area contributed by atoms with Gasteiger partial charge in [-0.25, -0.2) is 4.79 Å². The minimum atomic E-state index is -0.700. The Morgan fingerprint density at radius 2 is 1.83 bits per heavy atom. The fourth-order valence-corrected chi connectivity index (χ4v) is 3.24. The van der Waals surface area contributed by atoms with Gasteiger partial charge in [-0.1, -0.05) is 23.8 Å². The van der Waals surface area contributed by atoms with E-state index >= 15 is 0 Å². The van der Waals surface area contributed by atoms with Gasteiger partial charge in [-0.3, -0.25) is 19.8 Å². The fraction of sp³-hybridized carbons (Fsp3) is 0.409. The topological polar surface area (TPSA) is 88.8 Å². The molecule has 1 heterocycles. The molecule has 0 bridgehead atoms. The summed E-state index contributed by atoms with van der Waals surface area (Å²) in [5.41, 5.74) is 3.57.